The Bertz CT molecular complexity index is 570. The first-order chi connectivity index (χ1) is 8.60. The zero-order valence-electron chi connectivity index (χ0n) is 10.6. The summed E-state index contributed by atoms with van der Waals surface area (Å²) >= 11 is 3.44. The molecule has 1 aromatic heterocycles. The SMILES string of the molecule is COc1ccc(C)cc1Nc1ccc(Br)c(C)n1. The van der Waals surface area contributed by atoms with Crippen LogP contribution in [0.15, 0.2) is 34.8 Å². The molecule has 0 radical (unpaired) electrons. The highest BCUT2D eigenvalue weighted by Gasteiger charge is 2.05. The summed E-state index contributed by atoms with van der Waals surface area (Å²) in [5, 5.41) is 3.28. The van der Waals surface area contributed by atoms with Gasteiger partial charge < -0.3 is 10.1 Å². The summed E-state index contributed by atoms with van der Waals surface area (Å²) in [6, 6.07) is 9.91. The molecule has 0 bridgehead atoms. The first kappa shape index (κ1) is 12.9. The number of methoxy groups -OCH3 is 1. The molecule has 0 spiro atoms. The van der Waals surface area contributed by atoms with E-state index >= 15 is 0 Å². The van der Waals surface area contributed by atoms with Crippen LogP contribution in [-0.2, 0) is 0 Å². The van der Waals surface area contributed by atoms with E-state index in [1.54, 1.807) is 7.11 Å². The molecule has 3 nitrogen and oxygen atoms in total. The molecule has 0 unspecified atom stereocenters. The van der Waals surface area contributed by atoms with Crippen LogP contribution in [0.2, 0.25) is 0 Å². The molecule has 1 aromatic carbocycles. The Kier molecular flexibility index (Phi) is 3.87. The molecule has 1 N–H and O–H groups in total. The topological polar surface area (TPSA) is 34.1 Å². The van der Waals surface area contributed by atoms with Crippen LogP contribution in [0.3, 0.4) is 0 Å². The fourth-order valence-corrected chi connectivity index (χ4v) is 1.89. The Hall–Kier alpha value is -1.55. The highest BCUT2D eigenvalue weighted by molar-refractivity contribution is 9.10. The quantitative estimate of drug-likeness (QED) is 0.922. The number of anilines is 2. The van der Waals surface area contributed by atoms with Crippen molar-refractivity contribution in [3.8, 4) is 5.75 Å². The first-order valence-electron chi connectivity index (χ1n) is 5.65. The number of aryl methyl sites for hydroxylation is 2. The largest absolute Gasteiger partial charge is 0.495 e. The van der Waals surface area contributed by atoms with E-state index in [9.17, 15) is 0 Å². The van der Waals surface area contributed by atoms with Gasteiger partial charge >= 0.3 is 0 Å². The van der Waals surface area contributed by atoms with Crippen LogP contribution in [0, 0.1) is 13.8 Å². The lowest BCUT2D eigenvalue weighted by atomic mass is 10.2. The zero-order valence-corrected chi connectivity index (χ0v) is 12.2. The molecular weight excluding hydrogens is 292 g/mol. The Morgan fingerprint density at radius 1 is 1.17 bits per heavy atom. The fourth-order valence-electron chi connectivity index (χ4n) is 1.67. The monoisotopic (exact) mass is 306 g/mol. The molecule has 0 aliphatic carbocycles. The number of halogens is 1. The minimum absolute atomic E-state index is 0.805. The van der Waals surface area contributed by atoms with Crippen molar-refractivity contribution in [1.82, 2.24) is 4.98 Å². The maximum atomic E-state index is 5.33. The summed E-state index contributed by atoms with van der Waals surface area (Å²) in [6.45, 7) is 4.01. The smallest absolute Gasteiger partial charge is 0.142 e. The molecule has 18 heavy (non-hydrogen) atoms. The second kappa shape index (κ2) is 5.40. The summed E-state index contributed by atoms with van der Waals surface area (Å²) < 4.78 is 6.33. The van der Waals surface area contributed by atoms with E-state index in [1.807, 2.05) is 44.2 Å². The lowest BCUT2D eigenvalue weighted by molar-refractivity contribution is 0.416. The van der Waals surface area contributed by atoms with Gasteiger partial charge in [-0.1, -0.05) is 6.07 Å². The number of benzene rings is 1. The van der Waals surface area contributed by atoms with Gasteiger partial charge in [0.2, 0.25) is 0 Å². The standard InChI is InChI=1S/C14H15BrN2O/c1-9-4-6-13(18-3)12(8-9)17-14-7-5-11(15)10(2)16-14/h4-8H,1-3H3,(H,16,17). The van der Waals surface area contributed by atoms with E-state index in [1.165, 1.54) is 5.56 Å². The third-order valence-corrected chi connectivity index (χ3v) is 3.48. The molecule has 4 heteroatoms. The summed E-state index contributed by atoms with van der Waals surface area (Å²) in [6.07, 6.45) is 0. The second-order valence-corrected chi connectivity index (χ2v) is 4.95. The Morgan fingerprint density at radius 2 is 1.94 bits per heavy atom. The van der Waals surface area contributed by atoms with Gasteiger partial charge in [0.1, 0.15) is 11.6 Å². The Balaban J connectivity index is 2.33. The van der Waals surface area contributed by atoms with Gasteiger partial charge in [-0.15, -0.1) is 0 Å². The van der Waals surface area contributed by atoms with E-state index in [4.69, 9.17) is 4.74 Å². The van der Waals surface area contributed by atoms with Gasteiger partial charge in [-0.25, -0.2) is 4.98 Å². The van der Waals surface area contributed by atoms with Crippen molar-refractivity contribution in [2.24, 2.45) is 0 Å². The van der Waals surface area contributed by atoms with Crippen molar-refractivity contribution in [2.45, 2.75) is 13.8 Å². The molecule has 0 saturated heterocycles. The molecule has 2 rings (SSSR count). The van der Waals surface area contributed by atoms with Crippen LogP contribution in [0.5, 0.6) is 5.75 Å². The molecule has 0 atom stereocenters. The van der Waals surface area contributed by atoms with Gasteiger partial charge in [0.25, 0.3) is 0 Å². The maximum Gasteiger partial charge on any atom is 0.142 e. The van der Waals surface area contributed by atoms with Crippen LogP contribution in [0.25, 0.3) is 0 Å². The highest BCUT2D eigenvalue weighted by atomic mass is 79.9. The van der Waals surface area contributed by atoms with Crippen molar-refractivity contribution in [3.63, 3.8) is 0 Å². The summed E-state index contributed by atoms with van der Waals surface area (Å²) in [5.41, 5.74) is 3.05. The number of nitrogens with one attached hydrogen (secondary N) is 1. The highest BCUT2D eigenvalue weighted by Crippen LogP contribution is 2.28. The fraction of sp³-hybridized carbons (Fsp3) is 0.214. The van der Waals surface area contributed by atoms with Gasteiger partial charge in [0.05, 0.1) is 18.5 Å². The summed E-state index contributed by atoms with van der Waals surface area (Å²) in [7, 11) is 1.66. The average Bonchev–Trinajstić information content (AvgIpc) is 2.34. The third-order valence-electron chi connectivity index (χ3n) is 2.64. The van der Waals surface area contributed by atoms with Crippen LogP contribution in [0.1, 0.15) is 11.3 Å². The number of pyridine rings is 1. The summed E-state index contributed by atoms with van der Waals surface area (Å²) in [5.74, 6) is 1.61. The Morgan fingerprint density at radius 3 is 2.61 bits per heavy atom. The minimum Gasteiger partial charge on any atom is -0.495 e. The lowest BCUT2D eigenvalue weighted by Crippen LogP contribution is -1.98. The minimum atomic E-state index is 0.805. The molecule has 0 aliphatic heterocycles. The first-order valence-corrected chi connectivity index (χ1v) is 6.44. The van der Waals surface area contributed by atoms with Crippen molar-refractivity contribution < 1.29 is 4.74 Å². The molecular formula is C14H15BrN2O. The van der Waals surface area contributed by atoms with Gasteiger partial charge in [-0.05, 0) is 59.6 Å². The van der Waals surface area contributed by atoms with Crippen molar-refractivity contribution in [3.05, 3.63) is 46.1 Å². The van der Waals surface area contributed by atoms with Crippen LogP contribution in [0.4, 0.5) is 11.5 Å². The zero-order chi connectivity index (χ0) is 13.1. The van der Waals surface area contributed by atoms with E-state index in [2.05, 4.69) is 26.2 Å². The van der Waals surface area contributed by atoms with Crippen molar-refractivity contribution in [2.75, 3.05) is 12.4 Å². The van der Waals surface area contributed by atoms with Gasteiger partial charge in [0.15, 0.2) is 0 Å². The maximum absolute atomic E-state index is 5.33. The molecule has 0 aliphatic rings. The molecule has 1 heterocycles. The number of rotatable bonds is 3. The normalized spacial score (nSPS) is 10.2. The van der Waals surface area contributed by atoms with Crippen molar-refractivity contribution in [1.29, 1.82) is 0 Å². The third kappa shape index (κ3) is 2.82. The molecule has 2 aromatic rings. The number of nitrogens with zero attached hydrogens (tertiary/aromatic N) is 1. The molecule has 0 amide bonds. The predicted octanol–water partition coefficient (Wildman–Crippen LogP) is 4.21. The van der Waals surface area contributed by atoms with Crippen molar-refractivity contribution >= 4 is 27.4 Å². The van der Waals surface area contributed by atoms with E-state index in [0.29, 0.717) is 0 Å². The van der Waals surface area contributed by atoms with Crippen LogP contribution >= 0.6 is 15.9 Å². The van der Waals surface area contributed by atoms with E-state index in [0.717, 1.165) is 27.4 Å². The van der Waals surface area contributed by atoms with E-state index in [-0.39, 0.29) is 0 Å². The van der Waals surface area contributed by atoms with Gasteiger partial charge in [-0.3, -0.25) is 0 Å². The van der Waals surface area contributed by atoms with Crippen LogP contribution < -0.4 is 10.1 Å². The predicted molar refractivity (Wildman–Crippen MR) is 77.7 cm³/mol. The number of ether oxygens (including phenoxy) is 1. The number of hydrogen-bond donors (Lipinski definition) is 1. The summed E-state index contributed by atoms with van der Waals surface area (Å²) in [4.78, 5) is 4.46. The van der Waals surface area contributed by atoms with Crippen LogP contribution in [-0.4, -0.2) is 12.1 Å². The van der Waals surface area contributed by atoms with Gasteiger partial charge in [0, 0.05) is 4.47 Å². The average molecular weight is 307 g/mol. The van der Waals surface area contributed by atoms with Gasteiger partial charge in [-0.2, -0.15) is 0 Å². The molecule has 0 fully saturated rings. The molecule has 94 valence electrons. The molecule has 0 saturated carbocycles. The lowest BCUT2D eigenvalue weighted by Gasteiger charge is -2.12. The second-order valence-electron chi connectivity index (χ2n) is 4.09. The number of hydrogen-bond acceptors (Lipinski definition) is 3. The van der Waals surface area contributed by atoms with E-state index < -0.39 is 0 Å². The Labute approximate surface area is 115 Å². The number of aromatic nitrogens is 1.